The van der Waals surface area contributed by atoms with Gasteiger partial charge in [0.05, 0.1) is 10.0 Å². The van der Waals surface area contributed by atoms with Gasteiger partial charge in [0, 0.05) is 6.04 Å². The summed E-state index contributed by atoms with van der Waals surface area (Å²) in [6, 6.07) is 6.18. The minimum Gasteiger partial charge on any atom is -0.310 e. The van der Waals surface area contributed by atoms with Crippen LogP contribution in [0, 0.1) is 5.92 Å². The summed E-state index contributed by atoms with van der Waals surface area (Å²) in [5, 5.41) is 4.93. The predicted molar refractivity (Wildman–Crippen MR) is 81.6 cm³/mol. The molecule has 2 atom stereocenters. The molecule has 0 aliphatic carbocycles. The zero-order chi connectivity index (χ0) is 13.5. The minimum absolute atomic E-state index is 0.288. The first-order chi connectivity index (χ1) is 8.61. The molecule has 0 saturated heterocycles. The van der Waals surface area contributed by atoms with Gasteiger partial charge in [0.15, 0.2) is 0 Å². The molecule has 1 nitrogen and oxygen atoms in total. The van der Waals surface area contributed by atoms with Gasteiger partial charge in [-0.3, -0.25) is 0 Å². The summed E-state index contributed by atoms with van der Waals surface area (Å²) >= 11 is 12.5. The standard InChI is InChI=1S/C15H23Cl2N/c1-4-7-11(3)15(18-10-5-2)12-8-6-9-13(16)14(12)17/h6,8-9,11,15,18H,4-5,7,10H2,1-3H3. The molecule has 0 radical (unpaired) electrons. The molecular formula is C15H23Cl2N. The monoisotopic (exact) mass is 287 g/mol. The molecule has 102 valence electrons. The van der Waals surface area contributed by atoms with E-state index in [9.17, 15) is 0 Å². The second kappa shape index (κ2) is 8.04. The highest BCUT2D eigenvalue weighted by Crippen LogP contribution is 2.34. The Morgan fingerprint density at radius 2 is 1.89 bits per heavy atom. The lowest BCUT2D eigenvalue weighted by Crippen LogP contribution is -2.28. The van der Waals surface area contributed by atoms with Crippen LogP contribution >= 0.6 is 23.2 Å². The van der Waals surface area contributed by atoms with E-state index < -0.39 is 0 Å². The van der Waals surface area contributed by atoms with Crippen molar-refractivity contribution in [3.05, 3.63) is 33.8 Å². The van der Waals surface area contributed by atoms with E-state index in [0.29, 0.717) is 16.0 Å². The molecule has 0 spiro atoms. The van der Waals surface area contributed by atoms with E-state index in [1.165, 1.54) is 12.8 Å². The first-order valence-electron chi connectivity index (χ1n) is 6.79. The Morgan fingerprint density at radius 3 is 2.50 bits per heavy atom. The van der Waals surface area contributed by atoms with E-state index in [1.807, 2.05) is 12.1 Å². The van der Waals surface area contributed by atoms with E-state index in [0.717, 1.165) is 18.5 Å². The fourth-order valence-electron chi connectivity index (χ4n) is 2.30. The predicted octanol–water partition coefficient (Wildman–Crippen LogP) is 5.47. The van der Waals surface area contributed by atoms with E-state index in [1.54, 1.807) is 0 Å². The van der Waals surface area contributed by atoms with Gasteiger partial charge in [0.2, 0.25) is 0 Å². The number of benzene rings is 1. The van der Waals surface area contributed by atoms with Crippen molar-refractivity contribution < 1.29 is 0 Å². The number of rotatable bonds is 7. The molecule has 1 aromatic carbocycles. The second-order valence-electron chi connectivity index (χ2n) is 4.84. The minimum atomic E-state index is 0.288. The largest absolute Gasteiger partial charge is 0.310 e. The summed E-state index contributed by atoms with van der Waals surface area (Å²) in [6.07, 6.45) is 3.49. The fourth-order valence-corrected chi connectivity index (χ4v) is 2.73. The van der Waals surface area contributed by atoms with Gasteiger partial charge < -0.3 is 5.32 Å². The molecule has 0 saturated carbocycles. The Morgan fingerprint density at radius 1 is 1.17 bits per heavy atom. The zero-order valence-electron chi connectivity index (χ0n) is 11.5. The second-order valence-corrected chi connectivity index (χ2v) is 5.63. The van der Waals surface area contributed by atoms with Crippen LogP contribution in [0.1, 0.15) is 51.6 Å². The molecular weight excluding hydrogens is 265 g/mol. The molecule has 3 heteroatoms. The molecule has 0 bridgehead atoms. The maximum atomic E-state index is 6.34. The summed E-state index contributed by atoms with van der Waals surface area (Å²) < 4.78 is 0. The van der Waals surface area contributed by atoms with Gasteiger partial charge in [0.25, 0.3) is 0 Å². The van der Waals surface area contributed by atoms with E-state index >= 15 is 0 Å². The third kappa shape index (κ3) is 4.15. The molecule has 0 aliphatic rings. The number of hydrogen-bond donors (Lipinski definition) is 1. The van der Waals surface area contributed by atoms with Crippen molar-refractivity contribution in [2.24, 2.45) is 5.92 Å². The maximum absolute atomic E-state index is 6.34. The van der Waals surface area contributed by atoms with E-state index in [2.05, 4.69) is 32.2 Å². The molecule has 1 rings (SSSR count). The van der Waals surface area contributed by atoms with Crippen molar-refractivity contribution in [1.29, 1.82) is 0 Å². The quantitative estimate of drug-likeness (QED) is 0.701. The van der Waals surface area contributed by atoms with Crippen LogP contribution in [0.5, 0.6) is 0 Å². The van der Waals surface area contributed by atoms with Crippen molar-refractivity contribution in [3.63, 3.8) is 0 Å². The Balaban J connectivity index is 2.97. The summed E-state index contributed by atoms with van der Waals surface area (Å²) in [5.41, 5.74) is 1.12. The molecule has 2 unspecified atom stereocenters. The van der Waals surface area contributed by atoms with Gasteiger partial charge >= 0.3 is 0 Å². The van der Waals surface area contributed by atoms with Crippen LogP contribution < -0.4 is 5.32 Å². The summed E-state index contributed by atoms with van der Waals surface area (Å²) in [5.74, 6) is 0.553. The third-order valence-electron chi connectivity index (χ3n) is 3.24. The highest BCUT2D eigenvalue weighted by molar-refractivity contribution is 6.42. The van der Waals surface area contributed by atoms with Gasteiger partial charge in [-0.1, -0.05) is 62.5 Å². The van der Waals surface area contributed by atoms with Crippen LogP contribution in [0.2, 0.25) is 10.0 Å². The highest BCUT2D eigenvalue weighted by atomic mass is 35.5. The fraction of sp³-hybridized carbons (Fsp3) is 0.600. The zero-order valence-corrected chi connectivity index (χ0v) is 13.0. The van der Waals surface area contributed by atoms with Crippen molar-refractivity contribution in [2.75, 3.05) is 6.54 Å². The van der Waals surface area contributed by atoms with E-state index in [-0.39, 0.29) is 6.04 Å². The van der Waals surface area contributed by atoms with Gasteiger partial charge in [-0.05, 0) is 36.9 Å². The van der Waals surface area contributed by atoms with Crippen molar-refractivity contribution in [1.82, 2.24) is 5.32 Å². The highest BCUT2D eigenvalue weighted by Gasteiger charge is 2.21. The number of halogens is 2. The topological polar surface area (TPSA) is 12.0 Å². The molecule has 0 aromatic heterocycles. The van der Waals surface area contributed by atoms with Crippen LogP contribution in [0.25, 0.3) is 0 Å². The Bertz CT molecular complexity index is 366. The van der Waals surface area contributed by atoms with Crippen molar-refractivity contribution in [3.8, 4) is 0 Å². The van der Waals surface area contributed by atoms with Crippen LogP contribution in [0.3, 0.4) is 0 Å². The molecule has 18 heavy (non-hydrogen) atoms. The molecule has 0 aliphatic heterocycles. The normalized spacial score (nSPS) is 14.5. The third-order valence-corrected chi connectivity index (χ3v) is 4.08. The summed E-state index contributed by atoms with van der Waals surface area (Å²) in [7, 11) is 0. The van der Waals surface area contributed by atoms with Crippen LogP contribution in [-0.4, -0.2) is 6.54 Å². The lowest BCUT2D eigenvalue weighted by Gasteiger charge is -2.26. The van der Waals surface area contributed by atoms with Gasteiger partial charge in [-0.15, -0.1) is 0 Å². The molecule has 0 amide bonds. The molecule has 1 N–H and O–H groups in total. The summed E-state index contributed by atoms with van der Waals surface area (Å²) in [4.78, 5) is 0. The van der Waals surface area contributed by atoms with Crippen LogP contribution in [0.15, 0.2) is 18.2 Å². The summed E-state index contributed by atoms with van der Waals surface area (Å²) in [6.45, 7) is 7.66. The first-order valence-corrected chi connectivity index (χ1v) is 7.54. The van der Waals surface area contributed by atoms with Gasteiger partial charge in [-0.2, -0.15) is 0 Å². The lowest BCUT2D eigenvalue weighted by molar-refractivity contribution is 0.363. The Hall–Kier alpha value is -0.240. The smallest absolute Gasteiger partial charge is 0.0640 e. The van der Waals surface area contributed by atoms with Gasteiger partial charge in [0.1, 0.15) is 0 Å². The van der Waals surface area contributed by atoms with Crippen LogP contribution in [0.4, 0.5) is 0 Å². The Labute approximate surface area is 121 Å². The Kier molecular flexibility index (Phi) is 7.06. The lowest BCUT2D eigenvalue weighted by atomic mass is 9.91. The van der Waals surface area contributed by atoms with Crippen molar-refractivity contribution in [2.45, 2.75) is 46.1 Å². The van der Waals surface area contributed by atoms with Crippen molar-refractivity contribution >= 4 is 23.2 Å². The first kappa shape index (κ1) is 15.8. The maximum Gasteiger partial charge on any atom is 0.0640 e. The number of nitrogens with one attached hydrogen (secondary N) is 1. The average molecular weight is 288 g/mol. The van der Waals surface area contributed by atoms with Crippen LogP contribution in [-0.2, 0) is 0 Å². The molecule has 1 aromatic rings. The number of hydrogen-bond acceptors (Lipinski definition) is 1. The molecule has 0 heterocycles. The molecule has 0 fully saturated rings. The SMILES string of the molecule is CCCNC(c1cccc(Cl)c1Cl)C(C)CCC. The van der Waals surface area contributed by atoms with E-state index in [4.69, 9.17) is 23.2 Å². The van der Waals surface area contributed by atoms with Gasteiger partial charge in [-0.25, -0.2) is 0 Å². The average Bonchev–Trinajstić information content (AvgIpc) is 2.35.